The van der Waals surface area contributed by atoms with E-state index in [2.05, 4.69) is 10.1 Å². The zero-order valence-corrected chi connectivity index (χ0v) is 17.7. The Hall–Kier alpha value is -2.57. The first kappa shape index (κ1) is 21.1. The van der Waals surface area contributed by atoms with Crippen LogP contribution in [0.5, 0.6) is 5.75 Å². The fourth-order valence-electron chi connectivity index (χ4n) is 2.75. The molecule has 152 valence electrons. The lowest BCUT2D eigenvalue weighted by Crippen LogP contribution is -2.26. The molecule has 1 aromatic heterocycles. The van der Waals surface area contributed by atoms with E-state index in [1.165, 1.54) is 0 Å². The van der Waals surface area contributed by atoms with Crippen LogP contribution in [0.4, 0.5) is 0 Å². The molecule has 0 atom stereocenters. The number of hydrogen-bond acceptors (Lipinski definition) is 5. The number of aromatic nitrogens is 2. The van der Waals surface area contributed by atoms with Crippen molar-refractivity contribution in [2.75, 3.05) is 13.7 Å². The van der Waals surface area contributed by atoms with Crippen LogP contribution in [0.3, 0.4) is 0 Å². The highest BCUT2D eigenvalue weighted by molar-refractivity contribution is 6.35. The lowest BCUT2D eigenvalue weighted by atomic mass is 10.1. The van der Waals surface area contributed by atoms with Gasteiger partial charge >= 0.3 is 0 Å². The average Bonchev–Trinajstić information content (AvgIpc) is 3.16. The first-order valence-corrected chi connectivity index (χ1v) is 9.95. The van der Waals surface area contributed by atoms with Crippen LogP contribution in [0.15, 0.2) is 47.0 Å². The highest BCUT2D eigenvalue weighted by Crippen LogP contribution is 2.23. The molecular weight excluding hydrogens is 413 g/mol. The van der Waals surface area contributed by atoms with Gasteiger partial charge in [-0.2, -0.15) is 4.98 Å². The molecule has 0 aliphatic rings. The van der Waals surface area contributed by atoms with E-state index in [1.807, 2.05) is 37.3 Å². The Bertz CT molecular complexity index is 974. The van der Waals surface area contributed by atoms with Gasteiger partial charge < -0.3 is 14.2 Å². The first-order valence-electron chi connectivity index (χ1n) is 9.20. The zero-order chi connectivity index (χ0) is 20.8. The second-order valence-electron chi connectivity index (χ2n) is 6.45. The molecule has 1 amide bonds. The third-order valence-corrected chi connectivity index (χ3v) is 4.90. The van der Waals surface area contributed by atoms with Crippen molar-refractivity contribution >= 4 is 29.1 Å². The summed E-state index contributed by atoms with van der Waals surface area (Å²) < 4.78 is 10.7. The summed E-state index contributed by atoms with van der Waals surface area (Å²) in [5.41, 5.74) is 1.70. The van der Waals surface area contributed by atoms with Gasteiger partial charge in [-0.25, -0.2) is 0 Å². The molecule has 0 spiro atoms. The summed E-state index contributed by atoms with van der Waals surface area (Å²) in [5, 5.41) is 5.12. The summed E-state index contributed by atoms with van der Waals surface area (Å²) in [5.74, 6) is 1.58. The van der Waals surface area contributed by atoms with Crippen LogP contribution in [0, 0.1) is 0 Å². The Kier molecular flexibility index (Phi) is 7.12. The van der Waals surface area contributed by atoms with Gasteiger partial charge in [0.2, 0.25) is 17.6 Å². The van der Waals surface area contributed by atoms with Crippen LogP contribution in [-0.4, -0.2) is 34.6 Å². The molecule has 0 saturated carbocycles. The standard InChI is InChI=1S/C21H21Cl2N3O3/c1-3-28-17-9-5-15(6-10-17)21-24-19(29-25-21)13-26(2)20(27)11-7-14-4-8-16(22)12-18(14)23/h4-6,8-10,12H,3,7,11,13H2,1-2H3. The molecule has 8 heteroatoms. The van der Waals surface area contributed by atoms with Crippen LogP contribution in [0.2, 0.25) is 10.0 Å². The van der Waals surface area contributed by atoms with Gasteiger partial charge in [-0.1, -0.05) is 34.4 Å². The van der Waals surface area contributed by atoms with Crippen molar-refractivity contribution < 1.29 is 14.1 Å². The Labute approximate surface area is 179 Å². The van der Waals surface area contributed by atoms with Gasteiger partial charge in [0, 0.05) is 29.1 Å². The number of carbonyl (C=O) groups is 1. The van der Waals surface area contributed by atoms with Gasteiger partial charge in [-0.05, 0) is 55.3 Å². The molecule has 6 nitrogen and oxygen atoms in total. The molecule has 3 aromatic rings. The summed E-state index contributed by atoms with van der Waals surface area (Å²) in [6.45, 7) is 2.77. The summed E-state index contributed by atoms with van der Waals surface area (Å²) in [6, 6.07) is 12.7. The van der Waals surface area contributed by atoms with Crippen LogP contribution < -0.4 is 4.74 Å². The minimum absolute atomic E-state index is 0.0446. The fraction of sp³-hybridized carbons (Fsp3) is 0.286. The molecule has 2 aromatic carbocycles. The predicted octanol–water partition coefficient (Wildman–Crippen LogP) is 5.03. The first-order chi connectivity index (χ1) is 14.0. The van der Waals surface area contributed by atoms with E-state index in [0.29, 0.717) is 41.2 Å². The van der Waals surface area contributed by atoms with Crippen LogP contribution >= 0.6 is 23.2 Å². The minimum Gasteiger partial charge on any atom is -0.494 e. The molecule has 29 heavy (non-hydrogen) atoms. The number of rotatable bonds is 8. The van der Waals surface area contributed by atoms with E-state index in [1.54, 1.807) is 24.1 Å². The number of halogens is 2. The Morgan fingerprint density at radius 2 is 1.93 bits per heavy atom. The summed E-state index contributed by atoms with van der Waals surface area (Å²) in [6.07, 6.45) is 0.845. The molecule has 0 aliphatic heterocycles. The van der Waals surface area contributed by atoms with Crippen molar-refractivity contribution in [3.63, 3.8) is 0 Å². The van der Waals surface area contributed by atoms with E-state index in [0.717, 1.165) is 16.9 Å². The lowest BCUT2D eigenvalue weighted by Gasteiger charge is -2.15. The predicted molar refractivity (Wildman–Crippen MR) is 112 cm³/mol. The van der Waals surface area contributed by atoms with Crippen molar-refractivity contribution in [2.24, 2.45) is 0 Å². The average molecular weight is 434 g/mol. The summed E-state index contributed by atoms with van der Waals surface area (Å²) in [7, 11) is 1.70. The molecule has 0 aliphatic carbocycles. The Morgan fingerprint density at radius 1 is 1.17 bits per heavy atom. The molecule has 0 bridgehead atoms. The zero-order valence-electron chi connectivity index (χ0n) is 16.2. The van der Waals surface area contributed by atoms with Crippen LogP contribution in [0.25, 0.3) is 11.4 Å². The molecule has 0 fully saturated rings. The quantitative estimate of drug-likeness (QED) is 0.497. The number of ether oxygens (including phenoxy) is 1. The molecule has 0 radical (unpaired) electrons. The smallest absolute Gasteiger partial charge is 0.246 e. The van der Waals surface area contributed by atoms with Gasteiger partial charge in [0.25, 0.3) is 0 Å². The van der Waals surface area contributed by atoms with E-state index in [-0.39, 0.29) is 12.5 Å². The fourth-order valence-corrected chi connectivity index (χ4v) is 3.25. The van der Waals surface area contributed by atoms with Crippen molar-refractivity contribution in [1.29, 1.82) is 0 Å². The van der Waals surface area contributed by atoms with Gasteiger partial charge in [0.1, 0.15) is 5.75 Å². The van der Waals surface area contributed by atoms with Crippen LogP contribution in [0.1, 0.15) is 24.8 Å². The van der Waals surface area contributed by atoms with Crippen molar-refractivity contribution in [1.82, 2.24) is 15.0 Å². The van der Waals surface area contributed by atoms with Crippen molar-refractivity contribution in [3.05, 3.63) is 64.0 Å². The summed E-state index contributed by atoms with van der Waals surface area (Å²) >= 11 is 12.1. The lowest BCUT2D eigenvalue weighted by molar-refractivity contribution is -0.130. The maximum Gasteiger partial charge on any atom is 0.246 e. The van der Waals surface area contributed by atoms with Gasteiger partial charge in [-0.15, -0.1) is 0 Å². The molecule has 3 rings (SSSR count). The van der Waals surface area contributed by atoms with Gasteiger partial charge in [0.15, 0.2) is 0 Å². The number of aryl methyl sites for hydroxylation is 1. The third kappa shape index (κ3) is 5.71. The molecule has 0 unspecified atom stereocenters. The topological polar surface area (TPSA) is 68.5 Å². The van der Waals surface area contributed by atoms with Crippen LogP contribution in [-0.2, 0) is 17.8 Å². The van der Waals surface area contributed by atoms with Gasteiger partial charge in [0.05, 0.1) is 13.2 Å². The molecule has 0 N–H and O–H groups in total. The van der Waals surface area contributed by atoms with Gasteiger partial charge in [-0.3, -0.25) is 4.79 Å². The number of nitrogens with zero attached hydrogens (tertiary/aromatic N) is 3. The number of carbonyl (C=O) groups excluding carboxylic acids is 1. The molecule has 0 saturated heterocycles. The second kappa shape index (κ2) is 9.76. The molecular formula is C21H21Cl2N3O3. The number of benzene rings is 2. The van der Waals surface area contributed by atoms with Crippen molar-refractivity contribution in [3.8, 4) is 17.1 Å². The van der Waals surface area contributed by atoms with Crippen molar-refractivity contribution in [2.45, 2.75) is 26.3 Å². The highest BCUT2D eigenvalue weighted by Gasteiger charge is 2.15. The van der Waals surface area contributed by atoms with E-state index in [4.69, 9.17) is 32.5 Å². The SMILES string of the molecule is CCOc1ccc(-c2noc(CN(C)C(=O)CCc3ccc(Cl)cc3Cl)n2)cc1. The third-order valence-electron chi connectivity index (χ3n) is 4.31. The Morgan fingerprint density at radius 3 is 2.62 bits per heavy atom. The normalized spacial score (nSPS) is 10.8. The second-order valence-corrected chi connectivity index (χ2v) is 7.30. The minimum atomic E-state index is -0.0446. The van der Waals surface area contributed by atoms with E-state index < -0.39 is 0 Å². The highest BCUT2D eigenvalue weighted by atomic mass is 35.5. The maximum atomic E-state index is 12.4. The number of hydrogen-bond donors (Lipinski definition) is 0. The largest absolute Gasteiger partial charge is 0.494 e. The summed E-state index contributed by atoms with van der Waals surface area (Å²) in [4.78, 5) is 18.4. The monoisotopic (exact) mass is 433 g/mol. The van der Waals surface area contributed by atoms with E-state index >= 15 is 0 Å². The molecule has 1 heterocycles. The maximum absolute atomic E-state index is 12.4. The Balaban J connectivity index is 1.56. The van der Waals surface area contributed by atoms with E-state index in [9.17, 15) is 4.79 Å². The number of amides is 1.